The second-order valence-electron chi connectivity index (χ2n) is 4.55. The molecule has 1 rings (SSSR count). The number of aromatic nitrogens is 1. The third-order valence-corrected chi connectivity index (χ3v) is 4.76. The minimum Gasteiger partial charge on any atom is -0.477 e. The fraction of sp³-hybridized carbons (Fsp3) is 0.583. The Labute approximate surface area is 123 Å². The Balaban J connectivity index is 3.05. The second-order valence-corrected chi connectivity index (χ2v) is 6.59. The van der Waals surface area contributed by atoms with Crippen molar-refractivity contribution in [3.8, 4) is 0 Å². The maximum absolute atomic E-state index is 12.3. The smallest absolute Gasteiger partial charge is 0.352 e. The molecule has 9 heteroatoms. The number of carbonyl (C=O) groups is 1. The van der Waals surface area contributed by atoms with Crippen LogP contribution in [0.2, 0.25) is 0 Å². The number of hydrogen-bond acceptors (Lipinski definition) is 5. The van der Waals surface area contributed by atoms with Gasteiger partial charge in [0.2, 0.25) is 10.0 Å². The first-order valence-electron chi connectivity index (χ1n) is 6.30. The van der Waals surface area contributed by atoms with E-state index in [0.717, 1.165) is 10.4 Å². The molecular weight excluding hydrogens is 300 g/mol. The summed E-state index contributed by atoms with van der Waals surface area (Å²) in [4.78, 5) is 11.0. The normalized spacial score (nSPS) is 13.6. The lowest BCUT2D eigenvalue weighted by Crippen LogP contribution is -2.36. The van der Waals surface area contributed by atoms with Crippen LogP contribution in [0.15, 0.2) is 17.2 Å². The third kappa shape index (κ3) is 4.03. The van der Waals surface area contributed by atoms with Gasteiger partial charge in [-0.25, -0.2) is 13.2 Å². The van der Waals surface area contributed by atoms with Crippen LogP contribution in [-0.2, 0) is 21.3 Å². The largest absolute Gasteiger partial charge is 0.477 e. The summed E-state index contributed by atoms with van der Waals surface area (Å²) in [5.41, 5.74) is -0.0954. The molecule has 1 aromatic rings. The highest BCUT2D eigenvalue weighted by atomic mass is 32.2. The molecule has 0 aliphatic carbocycles. The molecule has 0 aromatic carbocycles. The standard InChI is InChI=1S/C12H20N2O6S/c1-4-14-7-10(5-11(14)12(16)17)21(18,19)13(2)6-9(15)8-20-3/h5,7,9,15H,4,6,8H2,1-3H3,(H,16,17). The summed E-state index contributed by atoms with van der Waals surface area (Å²) in [5.74, 6) is -1.19. The summed E-state index contributed by atoms with van der Waals surface area (Å²) in [6, 6.07) is 1.11. The number of hydrogen-bond donors (Lipinski definition) is 2. The van der Waals surface area contributed by atoms with E-state index < -0.39 is 22.1 Å². The van der Waals surface area contributed by atoms with Gasteiger partial charge in [0.15, 0.2) is 0 Å². The van der Waals surface area contributed by atoms with Crippen molar-refractivity contribution in [2.75, 3.05) is 27.3 Å². The Kier molecular flexibility index (Phi) is 5.90. The number of aryl methyl sites for hydroxylation is 1. The number of likely N-dealkylation sites (N-methyl/N-ethyl adjacent to an activating group) is 1. The first-order valence-corrected chi connectivity index (χ1v) is 7.74. The quantitative estimate of drug-likeness (QED) is 0.688. The average molecular weight is 320 g/mol. The Hall–Kier alpha value is -1.42. The van der Waals surface area contributed by atoms with Crippen molar-refractivity contribution in [1.29, 1.82) is 0 Å². The Bertz CT molecular complexity index is 595. The lowest BCUT2D eigenvalue weighted by Gasteiger charge is -2.19. The zero-order valence-electron chi connectivity index (χ0n) is 12.2. The molecular formula is C12H20N2O6S. The number of carboxylic acids is 1. The van der Waals surface area contributed by atoms with Crippen LogP contribution in [0.3, 0.4) is 0 Å². The van der Waals surface area contributed by atoms with E-state index in [0.29, 0.717) is 6.54 Å². The number of aliphatic hydroxyl groups excluding tert-OH is 1. The van der Waals surface area contributed by atoms with Gasteiger partial charge in [-0.2, -0.15) is 4.31 Å². The van der Waals surface area contributed by atoms with Gasteiger partial charge in [0.25, 0.3) is 0 Å². The minimum atomic E-state index is -3.86. The number of carboxylic acid groups (broad SMARTS) is 1. The number of nitrogens with zero attached hydrogens (tertiary/aromatic N) is 2. The SMILES string of the molecule is CCn1cc(S(=O)(=O)N(C)CC(O)COC)cc1C(=O)O. The molecule has 1 aromatic heterocycles. The van der Waals surface area contributed by atoms with Crippen LogP contribution in [0.25, 0.3) is 0 Å². The van der Waals surface area contributed by atoms with Crippen molar-refractivity contribution in [3.05, 3.63) is 18.0 Å². The molecule has 0 saturated carbocycles. The Morgan fingerprint density at radius 2 is 2.14 bits per heavy atom. The van der Waals surface area contributed by atoms with E-state index in [1.54, 1.807) is 6.92 Å². The van der Waals surface area contributed by atoms with E-state index >= 15 is 0 Å². The van der Waals surface area contributed by atoms with Crippen molar-refractivity contribution in [2.24, 2.45) is 0 Å². The fourth-order valence-corrected chi connectivity index (χ4v) is 3.13. The van der Waals surface area contributed by atoms with Crippen molar-refractivity contribution >= 4 is 16.0 Å². The van der Waals surface area contributed by atoms with Crippen LogP contribution < -0.4 is 0 Å². The molecule has 2 N–H and O–H groups in total. The number of aromatic carboxylic acids is 1. The van der Waals surface area contributed by atoms with E-state index in [9.17, 15) is 18.3 Å². The summed E-state index contributed by atoms with van der Waals surface area (Å²) < 4.78 is 31.7. The molecule has 0 amide bonds. The topological polar surface area (TPSA) is 109 Å². The summed E-state index contributed by atoms with van der Waals surface area (Å²) >= 11 is 0. The van der Waals surface area contributed by atoms with Crippen LogP contribution in [0.1, 0.15) is 17.4 Å². The average Bonchev–Trinajstić information content (AvgIpc) is 2.83. The molecule has 0 aliphatic rings. The molecule has 0 saturated heterocycles. The van der Waals surface area contributed by atoms with Crippen LogP contribution >= 0.6 is 0 Å². The number of methoxy groups -OCH3 is 1. The summed E-state index contributed by atoms with van der Waals surface area (Å²) in [5, 5.41) is 18.6. The predicted octanol–water partition coefficient (Wildman–Crippen LogP) is -0.166. The van der Waals surface area contributed by atoms with E-state index in [-0.39, 0.29) is 23.7 Å². The molecule has 0 spiro atoms. The van der Waals surface area contributed by atoms with Crippen LogP contribution in [0, 0.1) is 0 Å². The zero-order valence-corrected chi connectivity index (χ0v) is 13.0. The molecule has 0 fully saturated rings. The monoisotopic (exact) mass is 320 g/mol. The maximum Gasteiger partial charge on any atom is 0.352 e. The molecule has 21 heavy (non-hydrogen) atoms. The highest BCUT2D eigenvalue weighted by Crippen LogP contribution is 2.18. The van der Waals surface area contributed by atoms with Gasteiger partial charge in [0.1, 0.15) is 10.6 Å². The lowest BCUT2D eigenvalue weighted by atomic mass is 10.4. The van der Waals surface area contributed by atoms with Crippen molar-refractivity contribution in [1.82, 2.24) is 8.87 Å². The molecule has 1 atom stereocenters. The van der Waals surface area contributed by atoms with E-state index in [4.69, 9.17) is 9.84 Å². The highest BCUT2D eigenvalue weighted by Gasteiger charge is 2.26. The lowest BCUT2D eigenvalue weighted by molar-refractivity contribution is 0.0554. The fourth-order valence-electron chi connectivity index (χ4n) is 1.89. The first-order chi connectivity index (χ1) is 9.73. The predicted molar refractivity (Wildman–Crippen MR) is 74.8 cm³/mol. The van der Waals surface area contributed by atoms with Gasteiger partial charge in [-0.05, 0) is 13.0 Å². The molecule has 1 heterocycles. The molecule has 120 valence electrons. The number of rotatable bonds is 8. The van der Waals surface area contributed by atoms with E-state index in [1.165, 1.54) is 24.9 Å². The van der Waals surface area contributed by atoms with Crippen molar-refractivity contribution in [3.63, 3.8) is 0 Å². The van der Waals surface area contributed by atoms with Crippen molar-refractivity contribution < 1.29 is 28.2 Å². The summed E-state index contributed by atoms with van der Waals surface area (Å²) in [7, 11) is -1.15. The van der Waals surface area contributed by atoms with Crippen molar-refractivity contribution in [2.45, 2.75) is 24.5 Å². The van der Waals surface area contributed by atoms with E-state index in [2.05, 4.69) is 0 Å². The number of sulfonamides is 1. The molecule has 8 nitrogen and oxygen atoms in total. The van der Waals surface area contributed by atoms with Gasteiger partial charge in [-0.1, -0.05) is 0 Å². The van der Waals surface area contributed by atoms with Crippen LogP contribution in [0.4, 0.5) is 0 Å². The van der Waals surface area contributed by atoms with Gasteiger partial charge < -0.3 is 19.5 Å². The number of ether oxygens (including phenoxy) is 1. The third-order valence-electron chi connectivity index (χ3n) is 2.97. The highest BCUT2D eigenvalue weighted by molar-refractivity contribution is 7.89. The summed E-state index contributed by atoms with van der Waals surface area (Å²) in [6.07, 6.45) is 0.319. The molecule has 0 radical (unpaired) electrons. The van der Waals surface area contributed by atoms with Gasteiger partial charge in [0.05, 0.1) is 12.7 Å². The maximum atomic E-state index is 12.3. The molecule has 0 aliphatic heterocycles. The minimum absolute atomic E-state index is 0.0101. The molecule has 0 bridgehead atoms. The van der Waals surface area contributed by atoms with E-state index in [1.807, 2.05) is 0 Å². The Morgan fingerprint density at radius 1 is 1.52 bits per heavy atom. The van der Waals surface area contributed by atoms with Gasteiger partial charge in [0, 0.05) is 33.4 Å². The van der Waals surface area contributed by atoms with Crippen LogP contribution in [-0.4, -0.2) is 66.9 Å². The zero-order chi connectivity index (χ0) is 16.2. The second kappa shape index (κ2) is 7.03. The van der Waals surface area contributed by atoms with Gasteiger partial charge in [-0.3, -0.25) is 0 Å². The first kappa shape index (κ1) is 17.6. The van der Waals surface area contributed by atoms with Gasteiger partial charge >= 0.3 is 5.97 Å². The van der Waals surface area contributed by atoms with Gasteiger partial charge in [-0.15, -0.1) is 0 Å². The number of aliphatic hydroxyl groups is 1. The van der Waals surface area contributed by atoms with Crippen LogP contribution in [0.5, 0.6) is 0 Å². The Morgan fingerprint density at radius 3 is 2.57 bits per heavy atom. The molecule has 1 unspecified atom stereocenters. The summed E-state index contributed by atoms with van der Waals surface area (Å²) in [6.45, 7) is 1.92.